The molecule has 1 aromatic rings. The molecule has 0 radical (unpaired) electrons. The Morgan fingerprint density at radius 3 is 2.75 bits per heavy atom. The van der Waals surface area contributed by atoms with Gasteiger partial charge in [0, 0.05) is 37.3 Å². The van der Waals surface area contributed by atoms with Crippen molar-refractivity contribution in [3.8, 4) is 11.5 Å². The molecule has 0 unspecified atom stereocenters. The van der Waals surface area contributed by atoms with E-state index in [1.165, 1.54) is 18.4 Å². The summed E-state index contributed by atoms with van der Waals surface area (Å²) in [7, 11) is -3.47. The molecule has 11 heteroatoms. The number of amides is 1. The van der Waals surface area contributed by atoms with Crippen LogP contribution in [0.1, 0.15) is 25.7 Å². The second-order valence-electron chi connectivity index (χ2n) is 7.95. The zero-order valence-electron chi connectivity index (χ0n) is 17.1. The summed E-state index contributed by atoms with van der Waals surface area (Å²) in [6.07, 6.45) is 8.09. The summed E-state index contributed by atoms with van der Waals surface area (Å²) in [4.78, 5) is 26.1. The van der Waals surface area contributed by atoms with Crippen molar-refractivity contribution in [1.29, 1.82) is 0 Å². The average molecular weight is 459 g/mol. The molecule has 1 fully saturated rings. The van der Waals surface area contributed by atoms with E-state index < -0.39 is 34.3 Å². The minimum atomic E-state index is -3.47. The Labute approximate surface area is 184 Å². The maximum atomic E-state index is 12.3. The summed E-state index contributed by atoms with van der Waals surface area (Å²) in [5, 5.41) is 2.68. The van der Waals surface area contributed by atoms with Crippen molar-refractivity contribution < 1.29 is 32.2 Å². The van der Waals surface area contributed by atoms with Crippen LogP contribution in [0.5, 0.6) is 11.5 Å². The van der Waals surface area contributed by atoms with E-state index in [4.69, 9.17) is 14.2 Å². The summed E-state index contributed by atoms with van der Waals surface area (Å²) >= 11 is 0. The highest BCUT2D eigenvalue weighted by Crippen LogP contribution is 2.47. The molecule has 10 nitrogen and oxygen atoms in total. The molecule has 0 atom stereocenters. The molecule has 0 bridgehead atoms. The number of benzene rings is 1. The summed E-state index contributed by atoms with van der Waals surface area (Å²) in [5.74, 6) is -0.432. The first-order valence-corrected chi connectivity index (χ1v) is 11.9. The fraction of sp³-hybridized carbons (Fsp3) is 0.381. The predicted octanol–water partition coefficient (Wildman–Crippen LogP) is 1.71. The Bertz CT molecular complexity index is 1180. The normalized spacial score (nSPS) is 21.6. The molecule has 5 rings (SSSR count). The fourth-order valence-corrected chi connectivity index (χ4v) is 4.99. The van der Waals surface area contributed by atoms with Crippen LogP contribution >= 0.6 is 0 Å². The van der Waals surface area contributed by atoms with Gasteiger partial charge >= 0.3 is 5.97 Å². The van der Waals surface area contributed by atoms with E-state index in [2.05, 4.69) is 9.71 Å². The van der Waals surface area contributed by atoms with Crippen molar-refractivity contribution >= 4 is 33.4 Å². The largest absolute Gasteiger partial charge is 0.452 e. The number of esters is 1. The van der Waals surface area contributed by atoms with Crippen LogP contribution in [-0.2, 0) is 24.3 Å². The molecule has 3 heterocycles. The first-order valence-electron chi connectivity index (χ1n) is 10.3. The third kappa shape index (κ3) is 4.07. The maximum absolute atomic E-state index is 12.3. The van der Waals surface area contributed by atoms with E-state index in [9.17, 15) is 18.0 Å². The number of hydrogen-bond donors (Lipinski definition) is 1. The van der Waals surface area contributed by atoms with Gasteiger partial charge in [-0.1, -0.05) is 0 Å². The van der Waals surface area contributed by atoms with Gasteiger partial charge in [0.25, 0.3) is 21.7 Å². The Morgan fingerprint density at radius 1 is 1.16 bits per heavy atom. The van der Waals surface area contributed by atoms with Crippen molar-refractivity contribution in [3.63, 3.8) is 0 Å². The second-order valence-corrected chi connectivity index (χ2v) is 9.71. The topological polar surface area (TPSA) is 124 Å². The molecule has 1 N–H and O–H groups in total. The number of amidine groups is 1. The lowest BCUT2D eigenvalue weighted by atomic mass is 10.2. The molecule has 0 saturated heterocycles. The van der Waals surface area contributed by atoms with Crippen molar-refractivity contribution in [3.05, 3.63) is 42.1 Å². The van der Waals surface area contributed by atoms with Gasteiger partial charge in [-0.15, -0.1) is 4.40 Å². The second kappa shape index (κ2) is 7.66. The SMILES string of the molecule is O=C(COC(=O)C1=CN2CCS(=O)(=O)N=C2C=C1)Nc1ccc2c(c1)OC1(CCCC1)O2. The molecule has 4 aliphatic rings. The summed E-state index contributed by atoms with van der Waals surface area (Å²) < 4.78 is 43.8. The third-order valence-electron chi connectivity index (χ3n) is 5.58. The van der Waals surface area contributed by atoms with E-state index in [0.717, 1.165) is 25.7 Å². The molecule has 1 aromatic carbocycles. The van der Waals surface area contributed by atoms with Crippen LogP contribution in [0.3, 0.4) is 0 Å². The number of hydrogen-bond acceptors (Lipinski definition) is 8. The number of ether oxygens (including phenoxy) is 3. The van der Waals surface area contributed by atoms with Crippen LogP contribution in [0.15, 0.2) is 46.5 Å². The smallest absolute Gasteiger partial charge is 0.340 e. The first kappa shape index (κ1) is 20.6. The van der Waals surface area contributed by atoms with E-state index in [-0.39, 0.29) is 23.7 Å². The Morgan fingerprint density at radius 2 is 1.94 bits per heavy atom. The summed E-state index contributed by atoms with van der Waals surface area (Å²) in [6.45, 7) is -0.286. The van der Waals surface area contributed by atoms with E-state index >= 15 is 0 Å². The molecular formula is C21H21N3O7S. The summed E-state index contributed by atoms with van der Waals surface area (Å²) in [6, 6.07) is 5.15. The van der Waals surface area contributed by atoms with Gasteiger partial charge in [-0.2, -0.15) is 0 Å². The highest BCUT2D eigenvalue weighted by atomic mass is 32.2. The number of rotatable bonds is 4. The van der Waals surface area contributed by atoms with E-state index in [1.807, 2.05) is 0 Å². The predicted molar refractivity (Wildman–Crippen MR) is 114 cm³/mol. The maximum Gasteiger partial charge on any atom is 0.340 e. The number of carbonyl (C=O) groups excluding carboxylic acids is 2. The van der Waals surface area contributed by atoms with E-state index in [1.54, 1.807) is 23.1 Å². The molecule has 32 heavy (non-hydrogen) atoms. The molecular weight excluding hydrogens is 438 g/mol. The Balaban J connectivity index is 1.16. The monoisotopic (exact) mass is 459 g/mol. The molecule has 3 aliphatic heterocycles. The van der Waals surface area contributed by atoms with Gasteiger partial charge in [-0.05, 0) is 37.1 Å². The molecule has 1 aliphatic carbocycles. The lowest BCUT2D eigenvalue weighted by Crippen LogP contribution is -2.37. The van der Waals surface area contributed by atoms with Crippen molar-refractivity contribution in [2.24, 2.45) is 4.40 Å². The number of carbonyl (C=O) groups is 2. The molecule has 168 valence electrons. The van der Waals surface area contributed by atoms with Gasteiger partial charge in [-0.3, -0.25) is 4.79 Å². The standard InChI is InChI=1S/C21H21N3O7S/c25-19(22-15-4-5-16-17(11-15)31-21(30-16)7-1-2-8-21)13-29-20(26)14-3-6-18-23-32(27,28)10-9-24(18)12-14/h3-6,11-12H,1-2,7-10,13H2,(H,22,25). The van der Waals surface area contributed by atoms with Crippen molar-refractivity contribution in [2.45, 2.75) is 31.5 Å². The number of anilines is 1. The van der Waals surface area contributed by atoms with Gasteiger partial charge < -0.3 is 24.4 Å². The number of nitrogens with one attached hydrogen (secondary N) is 1. The Hall–Kier alpha value is -3.34. The molecule has 1 amide bonds. The van der Waals surface area contributed by atoms with Crippen LogP contribution in [0.2, 0.25) is 0 Å². The van der Waals surface area contributed by atoms with Crippen LogP contribution in [0, 0.1) is 0 Å². The number of sulfonamides is 1. The average Bonchev–Trinajstić information content (AvgIpc) is 3.36. The van der Waals surface area contributed by atoms with E-state index in [0.29, 0.717) is 17.2 Å². The van der Waals surface area contributed by atoms with Gasteiger partial charge in [-0.25, -0.2) is 13.2 Å². The minimum Gasteiger partial charge on any atom is -0.452 e. The lowest BCUT2D eigenvalue weighted by Gasteiger charge is -2.26. The first-order chi connectivity index (χ1) is 15.3. The van der Waals surface area contributed by atoms with Gasteiger partial charge in [0.2, 0.25) is 0 Å². The van der Waals surface area contributed by atoms with Crippen molar-refractivity contribution in [2.75, 3.05) is 24.2 Å². The highest BCUT2D eigenvalue weighted by molar-refractivity contribution is 7.90. The molecule has 1 saturated carbocycles. The van der Waals surface area contributed by atoms with Gasteiger partial charge in [0.05, 0.1) is 11.3 Å². The quantitative estimate of drug-likeness (QED) is 0.675. The zero-order chi connectivity index (χ0) is 22.3. The van der Waals surface area contributed by atoms with Crippen molar-refractivity contribution in [1.82, 2.24) is 4.90 Å². The lowest BCUT2D eigenvalue weighted by molar-refractivity contribution is -0.143. The fourth-order valence-electron chi connectivity index (χ4n) is 4.02. The van der Waals surface area contributed by atoms with Gasteiger partial charge in [0.1, 0.15) is 5.84 Å². The van der Waals surface area contributed by atoms with Crippen LogP contribution in [0.4, 0.5) is 5.69 Å². The Kier molecular flexibility index (Phi) is 4.92. The summed E-state index contributed by atoms with van der Waals surface area (Å²) in [5.41, 5.74) is 0.705. The minimum absolute atomic E-state index is 0.137. The highest BCUT2D eigenvalue weighted by Gasteiger charge is 2.44. The van der Waals surface area contributed by atoms with Crippen LogP contribution in [0.25, 0.3) is 0 Å². The van der Waals surface area contributed by atoms with Crippen LogP contribution < -0.4 is 14.8 Å². The number of nitrogens with zero attached hydrogens (tertiary/aromatic N) is 2. The van der Waals surface area contributed by atoms with Gasteiger partial charge in [0.15, 0.2) is 18.1 Å². The molecule has 1 spiro atoms. The van der Waals surface area contributed by atoms with Crippen LogP contribution in [-0.4, -0.2) is 55.7 Å². The zero-order valence-corrected chi connectivity index (χ0v) is 17.9. The third-order valence-corrected chi connectivity index (χ3v) is 6.74. The number of fused-ring (bicyclic) bond motifs is 2. The molecule has 0 aromatic heterocycles.